The number of halogens is 5. The van der Waals surface area contributed by atoms with Crippen LogP contribution in [0.1, 0.15) is 28.4 Å². The van der Waals surface area contributed by atoms with Crippen LogP contribution in [0.5, 0.6) is 34.5 Å². The molecule has 18 heteroatoms. The lowest BCUT2D eigenvalue weighted by molar-refractivity contribution is -0.116. The van der Waals surface area contributed by atoms with Gasteiger partial charge in [0, 0.05) is 25.9 Å². The van der Waals surface area contributed by atoms with E-state index in [1.807, 2.05) is 0 Å². The molecule has 0 radical (unpaired) electrons. The van der Waals surface area contributed by atoms with Crippen molar-refractivity contribution in [1.29, 1.82) is 0 Å². The van der Waals surface area contributed by atoms with Gasteiger partial charge in [0.05, 0.1) is 28.5 Å². The minimum Gasteiger partial charge on any atom is -0.503 e. The summed E-state index contributed by atoms with van der Waals surface area (Å²) in [6.45, 7) is -0.0855. The first-order valence-electron chi connectivity index (χ1n) is 15.1. The third-order valence-corrected chi connectivity index (χ3v) is 10.7. The molecule has 13 nitrogen and oxygen atoms in total. The van der Waals surface area contributed by atoms with Gasteiger partial charge in [0.2, 0.25) is 0 Å². The van der Waals surface area contributed by atoms with E-state index in [9.17, 15) is 35.3 Å². The second-order valence-corrected chi connectivity index (χ2v) is 15.6. The van der Waals surface area contributed by atoms with Crippen LogP contribution in [-0.2, 0) is 28.9 Å². The van der Waals surface area contributed by atoms with E-state index < -0.39 is 17.9 Å². The first kappa shape index (κ1) is 39.5. The Bertz CT molecular complexity index is 2090. The third kappa shape index (κ3) is 9.45. The molecule has 0 aliphatic carbocycles. The van der Waals surface area contributed by atoms with Gasteiger partial charge < -0.3 is 45.8 Å². The number of aliphatic hydroxyl groups excluding tert-OH is 1. The van der Waals surface area contributed by atoms with E-state index in [1.165, 1.54) is 12.1 Å². The molecule has 4 heterocycles. The average molecular weight is 1040 g/mol. The number of nitrogens with one attached hydrogen (secondary N) is 2. The summed E-state index contributed by atoms with van der Waals surface area (Å²) in [6, 6.07) is 14.3. The lowest BCUT2D eigenvalue weighted by atomic mass is 10.1. The number of benzene rings is 4. The number of aromatic hydroxyl groups is 2. The molecule has 0 saturated heterocycles. The molecule has 0 aromatic heterocycles. The van der Waals surface area contributed by atoms with Gasteiger partial charge in [0.25, 0.3) is 11.8 Å². The Morgan fingerprint density at radius 1 is 0.635 bits per heavy atom. The molecule has 4 aromatic carbocycles. The Morgan fingerprint density at radius 3 is 1.79 bits per heavy atom. The molecular weight excluding hydrogens is 1010 g/mol. The Morgan fingerprint density at radius 2 is 1.17 bits per heavy atom. The molecule has 2 amide bonds. The van der Waals surface area contributed by atoms with Gasteiger partial charge in [-0.05, 0) is 157 Å². The van der Waals surface area contributed by atoms with Crippen LogP contribution in [0.3, 0.4) is 0 Å². The highest BCUT2D eigenvalue weighted by molar-refractivity contribution is 9.11. The molecule has 272 valence electrons. The number of oxime groups is 2. The maximum atomic E-state index is 13.0. The maximum absolute atomic E-state index is 13.0. The van der Waals surface area contributed by atoms with Gasteiger partial charge in [0.1, 0.15) is 17.2 Å². The highest BCUT2D eigenvalue weighted by Crippen LogP contribution is 2.44. The summed E-state index contributed by atoms with van der Waals surface area (Å²) in [5.41, 5.74) is 1.70. The summed E-state index contributed by atoms with van der Waals surface area (Å²) < 4.78 is 13.9. The van der Waals surface area contributed by atoms with E-state index in [2.05, 4.69) is 101 Å². The van der Waals surface area contributed by atoms with E-state index in [0.29, 0.717) is 52.3 Å². The van der Waals surface area contributed by atoms with Crippen molar-refractivity contribution in [3.63, 3.8) is 0 Å². The number of rotatable bonds is 0. The number of hydrogen-bond donors (Lipinski definition) is 7. The lowest BCUT2D eigenvalue weighted by Gasteiger charge is -2.18. The van der Waals surface area contributed by atoms with Crippen molar-refractivity contribution in [2.24, 2.45) is 10.3 Å². The summed E-state index contributed by atoms with van der Waals surface area (Å²) >= 11 is 17.0. The molecule has 4 aromatic rings. The molecule has 8 rings (SSSR count). The molecule has 4 aliphatic rings. The largest absolute Gasteiger partial charge is 0.503 e. The average Bonchev–Trinajstić information content (AvgIpc) is 3.10. The Balaban J connectivity index is 1.49. The number of carbonyl (C=O) groups is 2. The summed E-state index contributed by atoms with van der Waals surface area (Å²) in [7, 11) is 0. The van der Waals surface area contributed by atoms with E-state index >= 15 is 0 Å². The van der Waals surface area contributed by atoms with Crippen molar-refractivity contribution in [1.82, 2.24) is 10.6 Å². The Hall–Kier alpha value is -3.68. The standard InChI is InChI=1S/C34H27Br5N4O9/c35-19-5-15-1-2-27(19)51-28-11-17(7-21(37)30(28)45)9-25(43-50)34(48)41-14-26(44)18-12-22(38)32(23(39)13-18)52-29-10-16(6-20(36)31(29)46)3-4-40-33(47)24(8-15)42-49/h1-2,5-7,10-13,26,44-46,49-50H,3-4,8-9,14H2,(H,40,47)(H,41,48)/t26-/m1/s1. The normalized spacial score (nSPS) is 17.5. The second-order valence-electron chi connectivity index (χ2n) is 11.3. The summed E-state index contributed by atoms with van der Waals surface area (Å²) in [5.74, 6) is -1.06. The molecule has 52 heavy (non-hydrogen) atoms. The van der Waals surface area contributed by atoms with Crippen molar-refractivity contribution in [2.45, 2.75) is 25.4 Å². The molecule has 0 unspecified atom stereocenters. The molecule has 0 spiro atoms. The number of phenols is 2. The van der Waals surface area contributed by atoms with Gasteiger partial charge in [-0.3, -0.25) is 9.59 Å². The summed E-state index contributed by atoms with van der Waals surface area (Å²) in [4.78, 5) is 26.0. The quantitative estimate of drug-likeness (QED) is 0.0679. The number of ether oxygens (including phenoxy) is 2. The van der Waals surface area contributed by atoms with Crippen molar-refractivity contribution in [3.05, 3.63) is 99.2 Å². The van der Waals surface area contributed by atoms with Crippen molar-refractivity contribution >= 4 is 103 Å². The van der Waals surface area contributed by atoms with Gasteiger partial charge in [-0.25, -0.2) is 0 Å². The number of carbonyl (C=O) groups excluding carboxylic acids is 2. The van der Waals surface area contributed by atoms with Crippen molar-refractivity contribution in [3.8, 4) is 34.5 Å². The second kappa shape index (κ2) is 17.4. The zero-order chi connectivity index (χ0) is 37.7. The van der Waals surface area contributed by atoms with Gasteiger partial charge >= 0.3 is 0 Å². The van der Waals surface area contributed by atoms with Gasteiger partial charge in [-0.2, -0.15) is 0 Å². The van der Waals surface area contributed by atoms with Crippen LogP contribution in [-0.4, -0.2) is 62.1 Å². The topological polar surface area (TPSA) is 203 Å². The highest BCUT2D eigenvalue weighted by atomic mass is 79.9. The van der Waals surface area contributed by atoms with Crippen LogP contribution < -0.4 is 20.1 Å². The van der Waals surface area contributed by atoms with Crippen LogP contribution >= 0.6 is 79.6 Å². The molecule has 1 atom stereocenters. The number of amides is 2. The molecule has 7 N–H and O–H groups in total. The molecular formula is C34H27Br5N4O9. The van der Waals surface area contributed by atoms with Crippen LogP contribution in [0.25, 0.3) is 0 Å². The number of phenolic OH excluding ortho intramolecular Hbond substituents is 2. The van der Waals surface area contributed by atoms with E-state index in [-0.39, 0.29) is 70.6 Å². The maximum Gasteiger partial charge on any atom is 0.269 e. The highest BCUT2D eigenvalue weighted by Gasteiger charge is 2.22. The molecule has 0 fully saturated rings. The van der Waals surface area contributed by atoms with Crippen LogP contribution in [0, 0.1) is 0 Å². The van der Waals surface area contributed by atoms with Crippen molar-refractivity contribution in [2.75, 3.05) is 13.1 Å². The van der Waals surface area contributed by atoms with Crippen LogP contribution in [0.15, 0.2) is 87.3 Å². The minimum atomic E-state index is -1.19. The van der Waals surface area contributed by atoms with Gasteiger partial charge in [-0.15, -0.1) is 0 Å². The minimum absolute atomic E-state index is 0.0208. The van der Waals surface area contributed by atoms with E-state index in [0.717, 1.165) is 0 Å². The fourth-order valence-corrected chi connectivity index (χ4v) is 7.90. The third-order valence-electron chi connectivity index (χ3n) is 7.67. The lowest BCUT2D eigenvalue weighted by Crippen LogP contribution is -2.35. The smallest absolute Gasteiger partial charge is 0.269 e. The Kier molecular flexibility index (Phi) is 13.2. The SMILES string of the molecule is O=C1NCCc2cc(Br)c(O)c(c2)Oc2c(Br)cc(cc2Br)[C@H](O)CNC(=O)C(=NO)Cc2cc(Br)c(O)c(c2)Oc2ccc(cc2Br)CC1=NO. The van der Waals surface area contributed by atoms with Crippen molar-refractivity contribution < 1.29 is 44.8 Å². The molecule has 4 aliphatic heterocycles. The zero-order valence-corrected chi connectivity index (χ0v) is 34.4. The number of nitrogens with zero attached hydrogens (tertiary/aromatic N) is 2. The first-order valence-corrected chi connectivity index (χ1v) is 19.1. The zero-order valence-electron chi connectivity index (χ0n) is 26.5. The fraction of sp³-hybridized carbons (Fsp3) is 0.176. The Labute approximate surface area is 338 Å². The predicted octanol–water partition coefficient (Wildman–Crippen LogP) is 7.76. The summed E-state index contributed by atoms with van der Waals surface area (Å²) in [6.07, 6.45) is -1.07. The molecule has 0 saturated carbocycles. The number of hydrogen-bond acceptors (Lipinski definition) is 11. The number of aliphatic hydroxyl groups is 1. The van der Waals surface area contributed by atoms with Crippen LogP contribution in [0.2, 0.25) is 0 Å². The van der Waals surface area contributed by atoms with Gasteiger partial charge in [0.15, 0.2) is 28.7 Å². The monoisotopic (exact) mass is 1030 g/mol. The summed E-state index contributed by atoms with van der Waals surface area (Å²) in [5, 5.41) is 63.5. The molecule has 8 bridgehead atoms. The van der Waals surface area contributed by atoms with Crippen LogP contribution in [0.4, 0.5) is 0 Å². The fourth-order valence-electron chi connectivity index (χ4n) is 5.03. The predicted molar refractivity (Wildman–Crippen MR) is 208 cm³/mol. The van der Waals surface area contributed by atoms with Gasteiger partial charge in [-0.1, -0.05) is 16.4 Å². The van der Waals surface area contributed by atoms with E-state index in [1.54, 1.807) is 42.5 Å². The first-order chi connectivity index (χ1) is 24.8. The van der Waals surface area contributed by atoms with E-state index in [4.69, 9.17) is 9.47 Å².